The zero-order valence-electron chi connectivity index (χ0n) is 18.6. The van der Waals surface area contributed by atoms with Crippen molar-refractivity contribution < 1.29 is 26.5 Å². The van der Waals surface area contributed by atoms with Crippen molar-refractivity contribution in [1.82, 2.24) is 4.31 Å². The molecule has 1 aliphatic heterocycles. The van der Waals surface area contributed by atoms with Crippen molar-refractivity contribution in [1.29, 1.82) is 0 Å². The van der Waals surface area contributed by atoms with Gasteiger partial charge in [-0.15, -0.1) is 0 Å². The summed E-state index contributed by atoms with van der Waals surface area (Å²) in [5, 5.41) is 11.1. The summed E-state index contributed by atoms with van der Waals surface area (Å²) in [6, 6.07) is 7.55. The Morgan fingerprint density at radius 1 is 1.03 bits per heavy atom. The van der Waals surface area contributed by atoms with Crippen molar-refractivity contribution >= 4 is 31.4 Å². The fourth-order valence-electron chi connectivity index (χ4n) is 3.55. The van der Waals surface area contributed by atoms with Gasteiger partial charge >= 0.3 is 0 Å². The number of non-ortho nitro benzene ring substituents is 1. The number of aryl methyl sites for hydroxylation is 1. The van der Waals surface area contributed by atoms with Crippen molar-refractivity contribution in [3.8, 4) is 5.75 Å². The molecule has 3 rings (SSSR count). The molecule has 12 heteroatoms. The molecule has 180 valence electrons. The van der Waals surface area contributed by atoms with E-state index in [4.69, 9.17) is 4.74 Å². The summed E-state index contributed by atoms with van der Waals surface area (Å²) in [6.45, 7) is 5.82. The van der Waals surface area contributed by atoms with Crippen LogP contribution in [0.3, 0.4) is 0 Å². The number of nitro benzene ring substituents is 1. The molecule has 1 saturated heterocycles. The maximum absolute atomic E-state index is 13.1. The Hall–Kier alpha value is -2.70. The SMILES string of the molecule is Cc1ccc([N+](=O)[O-])cc1S(=O)(=O)Nc1cc(S(=O)(=O)N2CCCCC2)ccc1OC(C)C. The van der Waals surface area contributed by atoms with Crippen molar-refractivity contribution in [2.45, 2.75) is 55.9 Å². The zero-order valence-corrected chi connectivity index (χ0v) is 20.3. The van der Waals surface area contributed by atoms with Crippen LogP contribution in [0.4, 0.5) is 11.4 Å². The lowest BCUT2D eigenvalue weighted by Gasteiger charge is -2.26. The summed E-state index contributed by atoms with van der Waals surface area (Å²) in [4.78, 5) is 10.1. The highest BCUT2D eigenvalue weighted by Crippen LogP contribution is 2.33. The number of sulfonamides is 2. The largest absolute Gasteiger partial charge is 0.489 e. The van der Waals surface area contributed by atoms with Crippen LogP contribution in [0.15, 0.2) is 46.2 Å². The third-order valence-corrected chi connectivity index (χ3v) is 8.59. The molecular weight excluding hydrogens is 470 g/mol. The number of benzene rings is 2. The maximum Gasteiger partial charge on any atom is 0.270 e. The molecule has 0 amide bonds. The van der Waals surface area contributed by atoms with Gasteiger partial charge in [0.05, 0.1) is 26.5 Å². The Labute approximate surface area is 193 Å². The summed E-state index contributed by atoms with van der Waals surface area (Å²) < 4.78 is 62.0. The Kier molecular flexibility index (Phi) is 7.29. The van der Waals surface area contributed by atoms with E-state index in [0.29, 0.717) is 18.7 Å². The number of hydrogen-bond acceptors (Lipinski definition) is 7. The van der Waals surface area contributed by atoms with Gasteiger partial charge in [-0.1, -0.05) is 12.5 Å². The molecule has 0 atom stereocenters. The topological polar surface area (TPSA) is 136 Å². The fraction of sp³-hybridized carbons (Fsp3) is 0.429. The van der Waals surface area contributed by atoms with E-state index in [9.17, 15) is 26.9 Å². The van der Waals surface area contributed by atoms with Gasteiger partial charge in [0, 0.05) is 25.2 Å². The molecule has 10 nitrogen and oxygen atoms in total. The second kappa shape index (κ2) is 9.65. The van der Waals surface area contributed by atoms with E-state index in [0.717, 1.165) is 25.3 Å². The Morgan fingerprint density at radius 3 is 2.30 bits per heavy atom. The summed E-state index contributed by atoms with van der Waals surface area (Å²) in [7, 11) is -8.11. The third-order valence-electron chi connectivity index (χ3n) is 5.18. The fourth-order valence-corrected chi connectivity index (χ4v) is 6.42. The molecule has 0 radical (unpaired) electrons. The number of piperidine rings is 1. The van der Waals surface area contributed by atoms with Crippen LogP contribution in [0.25, 0.3) is 0 Å². The van der Waals surface area contributed by atoms with Crippen LogP contribution >= 0.6 is 0 Å². The Balaban J connectivity index is 2.06. The van der Waals surface area contributed by atoms with E-state index < -0.39 is 25.0 Å². The number of ether oxygens (including phenoxy) is 1. The smallest absolute Gasteiger partial charge is 0.270 e. The van der Waals surface area contributed by atoms with Crippen molar-refractivity contribution in [2.75, 3.05) is 17.8 Å². The lowest BCUT2D eigenvalue weighted by molar-refractivity contribution is -0.385. The monoisotopic (exact) mass is 497 g/mol. The van der Waals surface area contributed by atoms with Gasteiger partial charge in [-0.2, -0.15) is 4.31 Å². The summed E-state index contributed by atoms with van der Waals surface area (Å²) in [5.74, 6) is 0.147. The highest BCUT2D eigenvalue weighted by atomic mass is 32.2. The van der Waals surface area contributed by atoms with Gasteiger partial charge in [0.15, 0.2) is 0 Å². The predicted octanol–water partition coefficient (Wildman–Crippen LogP) is 3.67. The molecule has 1 N–H and O–H groups in total. The second-order valence-corrected chi connectivity index (χ2v) is 11.7. The number of nitrogens with zero attached hydrogens (tertiary/aromatic N) is 2. The van der Waals surface area contributed by atoms with Crippen molar-refractivity contribution in [3.63, 3.8) is 0 Å². The molecule has 1 aliphatic rings. The Bertz CT molecular complexity index is 1250. The Morgan fingerprint density at radius 2 is 1.70 bits per heavy atom. The number of hydrogen-bond donors (Lipinski definition) is 1. The van der Waals surface area contributed by atoms with E-state index in [2.05, 4.69) is 4.72 Å². The normalized spacial score (nSPS) is 15.4. The van der Waals surface area contributed by atoms with Crippen LogP contribution in [0, 0.1) is 17.0 Å². The van der Waals surface area contributed by atoms with E-state index in [1.165, 1.54) is 41.6 Å². The molecule has 1 heterocycles. The molecule has 0 aromatic heterocycles. The molecule has 33 heavy (non-hydrogen) atoms. The quantitative estimate of drug-likeness (QED) is 0.434. The van der Waals surface area contributed by atoms with Gasteiger partial charge in [-0.05, 0) is 57.4 Å². The molecule has 1 fully saturated rings. The second-order valence-electron chi connectivity index (χ2n) is 8.10. The van der Waals surface area contributed by atoms with Crippen LogP contribution in [0.5, 0.6) is 5.75 Å². The molecule has 2 aromatic rings. The molecule has 2 aromatic carbocycles. The first-order valence-electron chi connectivity index (χ1n) is 10.5. The van der Waals surface area contributed by atoms with Crippen LogP contribution < -0.4 is 9.46 Å². The highest BCUT2D eigenvalue weighted by molar-refractivity contribution is 7.92. The zero-order chi connectivity index (χ0) is 24.4. The lowest BCUT2D eigenvalue weighted by Crippen LogP contribution is -2.35. The van der Waals surface area contributed by atoms with Crippen LogP contribution in [-0.2, 0) is 20.0 Å². The van der Waals surface area contributed by atoms with Gasteiger partial charge < -0.3 is 4.74 Å². The predicted molar refractivity (Wildman–Crippen MR) is 123 cm³/mol. The standard InChI is InChI=1S/C21H27N3O7S2/c1-15(2)31-20-10-9-18(33(29,30)23-11-5-4-6-12-23)14-19(20)22-32(27,28)21-13-17(24(25)26)8-7-16(21)3/h7-10,13-15,22H,4-6,11-12H2,1-3H3. The summed E-state index contributed by atoms with van der Waals surface area (Å²) in [5.41, 5.74) is -0.134. The van der Waals surface area contributed by atoms with Crippen molar-refractivity contribution in [3.05, 3.63) is 52.1 Å². The number of anilines is 1. The first kappa shape index (κ1) is 24.9. The van der Waals surface area contributed by atoms with Gasteiger partial charge in [0.25, 0.3) is 15.7 Å². The molecule has 0 spiro atoms. The molecule has 0 bridgehead atoms. The average Bonchev–Trinajstić information content (AvgIpc) is 2.75. The minimum absolute atomic E-state index is 0.0611. The number of rotatable bonds is 8. The molecule has 0 aliphatic carbocycles. The van der Waals surface area contributed by atoms with Gasteiger partial charge in [-0.3, -0.25) is 14.8 Å². The third kappa shape index (κ3) is 5.63. The first-order chi connectivity index (χ1) is 15.4. The molecule has 0 unspecified atom stereocenters. The van der Waals surface area contributed by atoms with E-state index in [1.807, 2.05) is 0 Å². The minimum Gasteiger partial charge on any atom is -0.489 e. The molecule has 0 saturated carbocycles. The van der Waals surface area contributed by atoms with E-state index in [1.54, 1.807) is 13.8 Å². The van der Waals surface area contributed by atoms with Gasteiger partial charge in [-0.25, -0.2) is 16.8 Å². The van der Waals surface area contributed by atoms with Gasteiger partial charge in [0.1, 0.15) is 5.75 Å². The van der Waals surface area contributed by atoms with Crippen LogP contribution in [0.1, 0.15) is 38.7 Å². The van der Waals surface area contributed by atoms with E-state index in [-0.39, 0.29) is 33.0 Å². The minimum atomic E-state index is -4.29. The maximum atomic E-state index is 13.1. The van der Waals surface area contributed by atoms with Crippen LogP contribution in [0.2, 0.25) is 0 Å². The van der Waals surface area contributed by atoms with Crippen molar-refractivity contribution in [2.24, 2.45) is 0 Å². The average molecular weight is 498 g/mol. The highest BCUT2D eigenvalue weighted by Gasteiger charge is 2.28. The summed E-state index contributed by atoms with van der Waals surface area (Å²) >= 11 is 0. The van der Waals surface area contributed by atoms with E-state index >= 15 is 0 Å². The molecular formula is C21H27N3O7S2. The first-order valence-corrected chi connectivity index (χ1v) is 13.4. The number of nitro groups is 1. The van der Waals surface area contributed by atoms with Gasteiger partial charge in [0.2, 0.25) is 10.0 Å². The number of nitrogens with one attached hydrogen (secondary N) is 1. The summed E-state index contributed by atoms with van der Waals surface area (Å²) in [6.07, 6.45) is 2.18. The van der Waals surface area contributed by atoms with Crippen LogP contribution in [-0.4, -0.2) is 45.3 Å². The lowest BCUT2D eigenvalue weighted by atomic mass is 10.2.